The van der Waals surface area contributed by atoms with Crippen LogP contribution in [0.4, 0.5) is 4.79 Å². The van der Waals surface area contributed by atoms with Crippen LogP contribution in [0.3, 0.4) is 0 Å². The second-order valence-corrected chi connectivity index (χ2v) is 4.79. The zero-order valence-corrected chi connectivity index (χ0v) is 12.6. The summed E-state index contributed by atoms with van der Waals surface area (Å²) in [5.74, 6) is -0.777. The lowest BCUT2D eigenvalue weighted by atomic mass is 10.1. The van der Waals surface area contributed by atoms with Crippen LogP contribution in [0.25, 0.3) is 11.0 Å². The lowest BCUT2D eigenvalue weighted by Gasteiger charge is -2.11. The number of nitrogens with two attached hydrogens (primary N) is 1. The van der Waals surface area contributed by atoms with Crippen LogP contribution in [-0.4, -0.2) is 31.1 Å². The molecule has 0 fully saturated rings. The average molecular weight is 320 g/mol. The number of carbonyl (C=O) groups excluding carboxylic acids is 3. The molecule has 0 aliphatic carbocycles. The fourth-order valence-corrected chi connectivity index (χ4v) is 2.00. The number of hydrogen-bond donors (Lipinski definition) is 2. The lowest BCUT2D eigenvalue weighted by Crippen LogP contribution is -2.42. The summed E-state index contributed by atoms with van der Waals surface area (Å²) in [6.07, 6.45) is 0.237. The normalized spacial score (nSPS) is 11.7. The molecule has 2 aromatic rings. The van der Waals surface area contributed by atoms with E-state index in [2.05, 4.69) is 0 Å². The third kappa shape index (κ3) is 4.00. The van der Waals surface area contributed by atoms with Crippen LogP contribution >= 0.6 is 0 Å². The molecule has 0 aliphatic rings. The van der Waals surface area contributed by atoms with Crippen LogP contribution < -0.4 is 15.8 Å². The number of rotatable bonds is 5. The van der Waals surface area contributed by atoms with E-state index in [1.165, 1.54) is 13.2 Å². The first-order valence-electron chi connectivity index (χ1n) is 6.74. The van der Waals surface area contributed by atoms with E-state index in [4.69, 9.17) is 19.6 Å². The average Bonchev–Trinajstić information content (AvgIpc) is 2.88. The van der Waals surface area contributed by atoms with Gasteiger partial charge >= 0.3 is 12.0 Å². The summed E-state index contributed by atoms with van der Waals surface area (Å²) >= 11 is 0. The van der Waals surface area contributed by atoms with E-state index in [-0.39, 0.29) is 6.42 Å². The van der Waals surface area contributed by atoms with E-state index in [9.17, 15) is 14.4 Å². The monoisotopic (exact) mass is 320 g/mol. The Morgan fingerprint density at radius 2 is 2.09 bits per heavy atom. The van der Waals surface area contributed by atoms with Crippen LogP contribution in [0.1, 0.15) is 12.5 Å². The predicted molar refractivity (Wildman–Crippen MR) is 79.8 cm³/mol. The molecule has 0 unspecified atom stereocenters. The zero-order chi connectivity index (χ0) is 17.0. The van der Waals surface area contributed by atoms with Crippen molar-refractivity contribution in [2.45, 2.75) is 19.4 Å². The molecule has 23 heavy (non-hydrogen) atoms. The van der Waals surface area contributed by atoms with Gasteiger partial charge in [-0.2, -0.15) is 0 Å². The molecule has 8 heteroatoms. The maximum Gasteiger partial charge on any atom is 0.318 e. The number of benzene rings is 1. The number of amides is 3. The molecule has 0 saturated carbocycles. The van der Waals surface area contributed by atoms with Gasteiger partial charge in [0.2, 0.25) is 0 Å². The second kappa shape index (κ2) is 6.82. The molecule has 1 atom stereocenters. The molecule has 0 spiro atoms. The Morgan fingerprint density at radius 3 is 2.74 bits per heavy atom. The van der Waals surface area contributed by atoms with Crippen molar-refractivity contribution in [3.05, 3.63) is 30.0 Å². The molecule has 1 aromatic carbocycles. The summed E-state index contributed by atoms with van der Waals surface area (Å²) < 4.78 is 15.4. The lowest BCUT2D eigenvalue weighted by molar-refractivity contribution is -0.153. The highest BCUT2D eigenvalue weighted by atomic mass is 16.5. The molecular weight excluding hydrogens is 304 g/mol. The Balaban J connectivity index is 2.03. The molecule has 0 bridgehead atoms. The number of ether oxygens (including phenoxy) is 2. The molecule has 0 saturated heterocycles. The Kier molecular flexibility index (Phi) is 4.85. The molecule has 0 radical (unpaired) electrons. The van der Waals surface area contributed by atoms with E-state index in [1.54, 1.807) is 25.3 Å². The molecular formula is C15H16N2O6. The Labute approximate surface area is 131 Å². The Bertz CT molecular complexity index is 752. The van der Waals surface area contributed by atoms with Gasteiger partial charge in [0.25, 0.3) is 5.91 Å². The molecule has 2 rings (SSSR count). The van der Waals surface area contributed by atoms with Gasteiger partial charge in [-0.15, -0.1) is 0 Å². The summed E-state index contributed by atoms with van der Waals surface area (Å²) in [7, 11) is 1.54. The highest BCUT2D eigenvalue weighted by Gasteiger charge is 2.20. The van der Waals surface area contributed by atoms with Gasteiger partial charge < -0.3 is 19.6 Å². The Morgan fingerprint density at radius 1 is 1.35 bits per heavy atom. The van der Waals surface area contributed by atoms with Gasteiger partial charge in [0.05, 0.1) is 19.8 Å². The van der Waals surface area contributed by atoms with Crippen molar-refractivity contribution in [1.82, 2.24) is 5.32 Å². The quantitative estimate of drug-likeness (QED) is 0.796. The maximum absolute atomic E-state index is 11.9. The highest BCUT2D eigenvalue weighted by Crippen LogP contribution is 2.26. The molecule has 8 nitrogen and oxygen atoms in total. The van der Waals surface area contributed by atoms with Crippen molar-refractivity contribution in [2.24, 2.45) is 5.73 Å². The van der Waals surface area contributed by atoms with Crippen molar-refractivity contribution < 1.29 is 28.3 Å². The minimum Gasteiger partial charge on any atom is -0.497 e. The summed E-state index contributed by atoms with van der Waals surface area (Å²) in [5, 5.41) is 2.59. The topological polar surface area (TPSA) is 121 Å². The van der Waals surface area contributed by atoms with E-state index in [0.29, 0.717) is 16.9 Å². The molecule has 1 aromatic heterocycles. The number of nitrogens with one attached hydrogen (secondary N) is 1. The van der Waals surface area contributed by atoms with Crippen LogP contribution in [0.15, 0.2) is 28.9 Å². The van der Waals surface area contributed by atoms with Crippen LogP contribution in [0, 0.1) is 0 Å². The number of methoxy groups -OCH3 is 1. The number of hydrogen-bond acceptors (Lipinski definition) is 6. The fourth-order valence-electron chi connectivity index (χ4n) is 2.00. The van der Waals surface area contributed by atoms with Gasteiger partial charge in [-0.05, 0) is 19.1 Å². The number of carbonyl (C=O) groups is 3. The third-order valence-electron chi connectivity index (χ3n) is 3.12. The maximum atomic E-state index is 11.9. The standard InChI is InChI=1S/C15H16N2O6/c1-8(14(19)17-15(16)20)23-13(18)5-9-7-22-12-6-10(21-2)3-4-11(9)12/h3-4,6-8H,5H2,1-2H3,(H3,16,17,19,20)/t8-/m1/s1. The summed E-state index contributed by atoms with van der Waals surface area (Å²) in [6, 6.07) is 4.21. The van der Waals surface area contributed by atoms with E-state index in [1.807, 2.05) is 5.32 Å². The minimum absolute atomic E-state index is 0.0759. The Hall–Kier alpha value is -3.03. The van der Waals surface area contributed by atoms with E-state index < -0.39 is 24.0 Å². The SMILES string of the molecule is COc1ccc2c(CC(=O)O[C@H](C)C(=O)NC(N)=O)coc2c1. The van der Waals surface area contributed by atoms with E-state index in [0.717, 1.165) is 5.39 Å². The van der Waals surface area contributed by atoms with Gasteiger partial charge in [-0.25, -0.2) is 4.79 Å². The van der Waals surface area contributed by atoms with Crippen LogP contribution in [0.2, 0.25) is 0 Å². The number of imide groups is 1. The van der Waals surface area contributed by atoms with Crippen molar-refractivity contribution in [2.75, 3.05) is 7.11 Å². The summed E-state index contributed by atoms with van der Waals surface area (Å²) in [6.45, 7) is 1.34. The van der Waals surface area contributed by atoms with Crippen molar-refractivity contribution in [1.29, 1.82) is 0 Å². The van der Waals surface area contributed by atoms with Crippen molar-refractivity contribution in [3.63, 3.8) is 0 Å². The first kappa shape index (κ1) is 16.3. The van der Waals surface area contributed by atoms with Crippen LogP contribution in [-0.2, 0) is 20.7 Å². The molecule has 1 heterocycles. The predicted octanol–water partition coefficient (Wildman–Crippen LogP) is 1.11. The summed E-state index contributed by atoms with van der Waals surface area (Å²) in [5.41, 5.74) is 6.02. The van der Waals surface area contributed by atoms with Crippen LogP contribution in [0.5, 0.6) is 5.75 Å². The van der Waals surface area contributed by atoms with Gasteiger partial charge in [0, 0.05) is 17.0 Å². The van der Waals surface area contributed by atoms with E-state index >= 15 is 0 Å². The smallest absolute Gasteiger partial charge is 0.318 e. The minimum atomic E-state index is -1.13. The van der Waals surface area contributed by atoms with Crippen molar-refractivity contribution in [3.8, 4) is 5.75 Å². The number of esters is 1. The first-order valence-corrected chi connectivity index (χ1v) is 6.74. The summed E-state index contributed by atoms with van der Waals surface area (Å²) in [4.78, 5) is 33.9. The van der Waals surface area contributed by atoms with Gasteiger partial charge in [-0.3, -0.25) is 14.9 Å². The molecule has 3 N–H and O–H groups in total. The number of urea groups is 1. The van der Waals surface area contributed by atoms with Gasteiger partial charge in [0.1, 0.15) is 11.3 Å². The van der Waals surface area contributed by atoms with Gasteiger partial charge in [0.15, 0.2) is 6.10 Å². The van der Waals surface area contributed by atoms with Crippen molar-refractivity contribution >= 4 is 28.9 Å². The number of furan rings is 1. The molecule has 3 amide bonds. The van der Waals surface area contributed by atoms with Gasteiger partial charge in [-0.1, -0.05) is 0 Å². The second-order valence-electron chi connectivity index (χ2n) is 4.79. The first-order chi connectivity index (χ1) is 10.9. The number of primary amides is 1. The number of fused-ring (bicyclic) bond motifs is 1. The highest BCUT2D eigenvalue weighted by molar-refractivity contribution is 5.96. The third-order valence-corrected chi connectivity index (χ3v) is 3.12. The zero-order valence-electron chi connectivity index (χ0n) is 12.6. The fraction of sp³-hybridized carbons (Fsp3) is 0.267. The molecule has 122 valence electrons. The molecule has 0 aliphatic heterocycles. The largest absolute Gasteiger partial charge is 0.497 e.